The molecule has 1 aliphatic rings. The van der Waals surface area contributed by atoms with Crippen molar-refractivity contribution in [2.24, 2.45) is 0 Å². The second-order valence-corrected chi connectivity index (χ2v) is 16.0. The second-order valence-electron chi connectivity index (χ2n) is 11.2. The Labute approximate surface area is 183 Å². The molecular formula is C23H40N2O4Si. The number of ether oxygens (including phenoxy) is 2. The molecule has 1 aromatic rings. The van der Waals surface area contributed by atoms with Gasteiger partial charge in [-0.05, 0) is 76.9 Å². The molecule has 2 rings (SSSR count). The van der Waals surface area contributed by atoms with Crippen molar-refractivity contribution in [1.82, 2.24) is 9.88 Å². The molecule has 0 bridgehead atoms. The van der Waals surface area contributed by atoms with E-state index in [-0.39, 0.29) is 23.3 Å². The zero-order valence-corrected chi connectivity index (χ0v) is 21.4. The third kappa shape index (κ3) is 6.05. The van der Waals surface area contributed by atoms with E-state index in [1.54, 1.807) is 17.3 Å². The van der Waals surface area contributed by atoms with Crippen molar-refractivity contribution < 1.29 is 18.7 Å². The first-order valence-corrected chi connectivity index (χ1v) is 13.7. The van der Waals surface area contributed by atoms with E-state index in [1.165, 1.54) is 0 Å². The fourth-order valence-corrected chi connectivity index (χ4v) is 4.39. The van der Waals surface area contributed by atoms with E-state index in [0.29, 0.717) is 13.0 Å². The van der Waals surface area contributed by atoms with Crippen molar-refractivity contribution in [3.05, 3.63) is 30.1 Å². The highest BCUT2D eigenvalue weighted by Gasteiger charge is 2.52. The molecule has 1 amide bonds. The number of hydrogen-bond acceptors (Lipinski definition) is 5. The van der Waals surface area contributed by atoms with Crippen LogP contribution >= 0.6 is 0 Å². The summed E-state index contributed by atoms with van der Waals surface area (Å²) in [5.41, 5.74) is -0.270. The molecule has 0 unspecified atom stereocenters. The predicted molar refractivity (Wildman–Crippen MR) is 122 cm³/mol. The Morgan fingerprint density at radius 1 is 1.17 bits per heavy atom. The molecular weight excluding hydrogens is 396 g/mol. The van der Waals surface area contributed by atoms with Crippen LogP contribution in [0, 0.1) is 0 Å². The lowest BCUT2D eigenvalue weighted by Crippen LogP contribution is -2.51. The zero-order chi connectivity index (χ0) is 23.0. The van der Waals surface area contributed by atoms with Crippen LogP contribution in [0.4, 0.5) is 4.79 Å². The number of nitrogens with zero attached hydrogens (tertiary/aromatic N) is 2. The zero-order valence-electron chi connectivity index (χ0n) is 20.4. The summed E-state index contributed by atoms with van der Waals surface area (Å²) < 4.78 is 18.6. The first kappa shape index (κ1) is 24.8. The van der Waals surface area contributed by atoms with Gasteiger partial charge in [0.2, 0.25) is 0 Å². The minimum absolute atomic E-state index is 0.104. The Morgan fingerprint density at radius 2 is 1.73 bits per heavy atom. The van der Waals surface area contributed by atoms with Gasteiger partial charge in [0.1, 0.15) is 17.4 Å². The highest BCUT2D eigenvalue weighted by atomic mass is 28.4. The number of carbonyl (C=O) groups is 1. The first-order chi connectivity index (χ1) is 13.5. The maximum Gasteiger partial charge on any atom is 0.412 e. The summed E-state index contributed by atoms with van der Waals surface area (Å²) in [4.78, 5) is 19.0. The van der Waals surface area contributed by atoms with Crippen molar-refractivity contribution in [2.75, 3.05) is 6.61 Å². The Kier molecular flexibility index (Phi) is 7.11. The van der Waals surface area contributed by atoms with Crippen LogP contribution < -0.4 is 0 Å². The van der Waals surface area contributed by atoms with E-state index in [2.05, 4.69) is 38.8 Å². The van der Waals surface area contributed by atoms with E-state index in [0.717, 1.165) is 5.56 Å². The standard InChI is InChI=1S/C23H40N2O4Si/c1-21(2,3)29-20(26)25-18(15-17-11-13-24-14-12-17)19(28-23(25,7)8)16-27-30(9,10)22(4,5)6/h11-14,18-19H,15-16H2,1-10H3/t18-,19+/m0/s1. The van der Waals surface area contributed by atoms with Crippen LogP contribution in [0.15, 0.2) is 24.5 Å². The molecule has 0 spiro atoms. The van der Waals surface area contributed by atoms with Gasteiger partial charge in [0.25, 0.3) is 0 Å². The number of carbonyl (C=O) groups excluding carboxylic acids is 1. The van der Waals surface area contributed by atoms with Crippen LogP contribution in [-0.4, -0.2) is 54.4 Å². The molecule has 0 aliphatic carbocycles. The monoisotopic (exact) mass is 436 g/mol. The third-order valence-electron chi connectivity index (χ3n) is 5.98. The lowest BCUT2D eigenvalue weighted by atomic mass is 10.0. The largest absolute Gasteiger partial charge is 0.444 e. The molecule has 0 radical (unpaired) electrons. The average Bonchev–Trinajstić information content (AvgIpc) is 2.81. The summed E-state index contributed by atoms with van der Waals surface area (Å²) in [6.45, 7) is 21.1. The fraction of sp³-hybridized carbons (Fsp3) is 0.739. The van der Waals surface area contributed by atoms with E-state index in [9.17, 15) is 4.79 Å². The molecule has 1 saturated heterocycles. The lowest BCUT2D eigenvalue weighted by molar-refractivity contribution is -0.0855. The Morgan fingerprint density at radius 3 is 2.23 bits per heavy atom. The molecule has 1 aliphatic heterocycles. The summed E-state index contributed by atoms with van der Waals surface area (Å²) >= 11 is 0. The van der Waals surface area contributed by atoms with Crippen molar-refractivity contribution in [3.63, 3.8) is 0 Å². The Balaban J connectivity index is 2.32. The number of rotatable bonds is 5. The van der Waals surface area contributed by atoms with Crippen LogP contribution in [0.3, 0.4) is 0 Å². The summed E-state index contributed by atoms with van der Waals surface area (Å²) in [6, 6.07) is 3.76. The second kappa shape index (κ2) is 8.59. The molecule has 170 valence electrons. The number of amides is 1. The van der Waals surface area contributed by atoms with Crippen LogP contribution in [0.5, 0.6) is 0 Å². The number of hydrogen-bond donors (Lipinski definition) is 0. The summed E-state index contributed by atoms with van der Waals surface area (Å²) in [7, 11) is -1.95. The van der Waals surface area contributed by atoms with E-state index in [4.69, 9.17) is 13.9 Å². The Bertz CT molecular complexity index is 723. The average molecular weight is 437 g/mol. The summed E-state index contributed by atoms with van der Waals surface area (Å²) in [5, 5.41) is 0.104. The topological polar surface area (TPSA) is 60.9 Å². The van der Waals surface area contributed by atoms with Crippen LogP contribution in [0.1, 0.15) is 61.0 Å². The molecule has 6 nitrogen and oxygen atoms in total. The lowest BCUT2D eigenvalue weighted by Gasteiger charge is -2.37. The molecule has 2 heterocycles. The van der Waals surface area contributed by atoms with Gasteiger partial charge in [0.05, 0.1) is 12.6 Å². The smallest absolute Gasteiger partial charge is 0.412 e. The van der Waals surface area contributed by atoms with Gasteiger partial charge in [-0.25, -0.2) is 4.79 Å². The van der Waals surface area contributed by atoms with Crippen molar-refractivity contribution in [2.45, 2.75) is 103 Å². The molecule has 2 atom stereocenters. The normalized spacial score (nSPS) is 22.3. The molecule has 0 aromatic carbocycles. The molecule has 7 heteroatoms. The fourth-order valence-electron chi connectivity index (χ4n) is 3.37. The van der Waals surface area contributed by atoms with Gasteiger partial charge in [-0.15, -0.1) is 0 Å². The molecule has 1 fully saturated rings. The van der Waals surface area contributed by atoms with Gasteiger partial charge < -0.3 is 13.9 Å². The number of pyridine rings is 1. The minimum Gasteiger partial charge on any atom is -0.444 e. The predicted octanol–water partition coefficient (Wildman–Crippen LogP) is 5.39. The van der Waals surface area contributed by atoms with Crippen molar-refractivity contribution in [1.29, 1.82) is 0 Å². The van der Waals surface area contributed by atoms with Crippen molar-refractivity contribution >= 4 is 14.4 Å². The minimum atomic E-state index is -1.95. The maximum atomic E-state index is 13.2. The summed E-state index contributed by atoms with van der Waals surface area (Å²) in [6.07, 6.45) is 3.59. The molecule has 30 heavy (non-hydrogen) atoms. The third-order valence-corrected chi connectivity index (χ3v) is 10.5. The van der Waals surface area contributed by atoms with Crippen LogP contribution in [0.25, 0.3) is 0 Å². The number of aromatic nitrogens is 1. The van der Waals surface area contributed by atoms with Crippen molar-refractivity contribution in [3.8, 4) is 0 Å². The molecule has 0 N–H and O–H groups in total. The summed E-state index contributed by atoms with van der Waals surface area (Å²) in [5.74, 6) is 0. The highest BCUT2D eigenvalue weighted by Crippen LogP contribution is 2.39. The maximum absolute atomic E-state index is 13.2. The van der Waals surface area contributed by atoms with Gasteiger partial charge >= 0.3 is 6.09 Å². The highest BCUT2D eigenvalue weighted by molar-refractivity contribution is 6.74. The first-order valence-electron chi connectivity index (χ1n) is 10.8. The quantitative estimate of drug-likeness (QED) is 0.579. The Hall–Kier alpha value is -1.44. The van der Waals surface area contributed by atoms with Gasteiger partial charge in [0.15, 0.2) is 8.32 Å². The van der Waals surface area contributed by atoms with E-state index < -0.39 is 19.6 Å². The van der Waals surface area contributed by atoms with Crippen LogP contribution in [-0.2, 0) is 20.3 Å². The van der Waals surface area contributed by atoms with Gasteiger partial charge in [-0.3, -0.25) is 9.88 Å². The molecule has 0 saturated carbocycles. The van der Waals surface area contributed by atoms with Gasteiger partial charge in [-0.1, -0.05) is 20.8 Å². The SMILES string of the molecule is CC(C)(C)OC(=O)N1[C@@H](Cc2ccncc2)[C@@H](CO[Si](C)(C)C(C)(C)C)OC1(C)C. The molecule has 1 aromatic heterocycles. The van der Waals surface area contributed by atoms with Gasteiger partial charge in [-0.2, -0.15) is 0 Å². The van der Waals surface area contributed by atoms with E-state index >= 15 is 0 Å². The van der Waals surface area contributed by atoms with Gasteiger partial charge in [0, 0.05) is 12.4 Å². The van der Waals surface area contributed by atoms with E-state index in [1.807, 2.05) is 46.8 Å². The van der Waals surface area contributed by atoms with Crippen LogP contribution in [0.2, 0.25) is 18.1 Å².